The lowest BCUT2D eigenvalue weighted by molar-refractivity contribution is -0.130. The molecule has 3 rings (SSSR count). The van der Waals surface area contributed by atoms with Gasteiger partial charge in [-0.15, -0.1) is 0 Å². The van der Waals surface area contributed by atoms with E-state index in [0.717, 1.165) is 53.2 Å². The van der Waals surface area contributed by atoms with Gasteiger partial charge in [-0.1, -0.05) is 37.8 Å². The number of amides is 4. The fraction of sp³-hybridized carbons (Fsp3) is 0.348. The number of hydrogen-bond acceptors (Lipinski definition) is 3. The van der Waals surface area contributed by atoms with Crippen LogP contribution in [0.3, 0.4) is 0 Å². The maximum absolute atomic E-state index is 12.9. The Morgan fingerprint density at radius 2 is 1.73 bits per heavy atom. The zero-order valence-corrected chi connectivity index (χ0v) is 18.3. The molecule has 0 aliphatic carbocycles. The fourth-order valence-corrected chi connectivity index (χ4v) is 3.80. The molecule has 0 spiro atoms. The monoisotopic (exact) mass is 427 g/mol. The molecule has 1 aliphatic heterocycles. The third kappa shape index (κ3) is 4.49. The molecule has 0 radical (unpaired) electrons. The van der Waals surface area contributed by atoms with Crippen LogP contribution < -0.4 is 5.32 Å². The quantitative estimate of drug-likeness (QED) is 0.392. The summed E-state index contributed by atoms with van der Waals surface area (Å²) in [6.45, 7) is 6.28. The lowest BCUT2D eigenvalue weighted by Crippen LogP contribution is -2.54. The van der Waals surface area contributed by atoms with E-state index in [-0.39, 0.29) is 5.57 Å². The second-order valence-corrected chi connectivity index (χ2v) is 7.91. The third-order valence-electron chi connectivity index (χ3n) is 5.28. The number of unbranched alkanes of at least 4 members (excludes halogenated alkanes) is 3. The van der Waals surface area contributed by atoms with Crippen LogP contribution in [0.1, 0.15) is 49.6 Å². The number of barbiturate groups is 1. The summed E-state index contributed by atoms with van der Waals surface area (Å²) in [5, 5.41) is 2.94. The zero-order valence-electron chi connectivity index (χ0n) is 17.5. The summed E-state index contributed by atoms with van der Waals surface area (Å²) in [6.07, 6.45) is 5.33. The van der Waals surface area contributed by atoms with E-state index in [9.17, 15) is 14.4 Å². The molecule has 0 unspecified atom stereocenters. The Morgan fingerprint density at radius 3 is 2.40 bits per heavy atom. The van der Waals surface area contributed by atoms with Gasteiger partial charge in [-0.25, -0.2) is 4.79 Å². The van der Waals surface area contributed by atoms with Gasteiger partial charge in [0, 0.05) is 28.6 Å². The summed E-state index contributed by atoms with van der Waals surface area (Å²) >= 11 is 5.99. The maximum atomic E-state index is 12.9. The summed E-state index contributed by atoms with van der Waals surface area (Å²) in [6, 6.07) is 8.72. The van der Waals surface area contributed by atoms with Gasteiger partial charge in [0.2, 0.25) is 0 Å². The van der Waals surface area contributed by atoms with Crippen LogP contribution in [0.15, 0.2) is 35.9 Å². The van der Waals surface area contributed by atoms with Crippen LogP contribution in [-0.2, 0) is 9.59 Å². The molecule has 1 saturated heterocycles. The molecule has 1 aliphatic rings. The molecule has 1 aromatic carbocycles. The second-order valence-electron chi connectivity index (χ2n) is 7.47. The Kier molecular flexibility index (Phi) is 6.77. The first kappa shape index (κ1) is 21.8. The Balaban J connectivity index is 1.90. The molecule has 4 amide bonds. The predicted octanol–water partition coefficient (Wildman–Crippen LogP) is 4.79. The zero-order chi connectivity index (χ0) is 21.8. The van der Waals surface area contributed by atoms with Crippen LogP contribution in [0, 0.1) is 13.8 Å². The molecule has 6 nitrogen and oxygen atoms in total. The molecular weight excluding hydrogens is 402 g/mol. The van der Waals surface area contributed by atoms with Crippen LogP contribution in [0.2, 0.25) is 5.02 Å². The van der Waals surface area contributed by atoms with E-state index < -0.39 is 17.8 Å². The minimum atomic E-state index is -0.661. The largest absolute Gasteiger partial charge is 0.331 e. The summed E-state index contributed by atoms with van der Waals surface area (Å²) in [4.78, 5) is 38.5. The van der Waals surface area contributed by atoms with Crippen molar-refractivity contribution in [2.75, 3.05) is 6.54 Å². The van der Waals surface area contributed by atoms with Crippen molar-refractivity contribution < 1.29 is 14.4 Å². The van der Waals surface area contributed by atoms with Crippen molar-refractivity contribution >= 4 is 35.5 Å². The minimum absolute atomic E-state index is 0.0264. The number of rotatable bonds is 7. The van der Waals surface area contributed by atoms with Gasteiger partial charge in [-0.05, 0) is 62.2 Å². The van der Waals surface area contributed by atoms with Crippen LogP contribution in [0.4, 0.5) is 4.79 Å². The minimum Gasteiger partial charge on any atom is -0.318 e. The van der Waals surface area contributed by atoms with E-state index in [1.165, 1.54) is 0 Å². The van der Waals surface area contributed by atoms with Crippen LogP contribution in [0.25, 0.3) is 11.8 Å². The van der Waals surface area contributed by atoms with Crippen molar-refractivity contribution in [3.05, 3.63) is 57.9 Å². The first-order valence-electron chi connectivity index (χ1n) is 10.2. The molecular formula is C23H26ClN3O3. The van der Waals surface area contributed by atoms with Gasteiger partial charge in [-0.2, -0.15) is 0 Å². The van der Waals surface area contributed by atoms with Crippen molar-refractivity contribution in [2.45, 2.75) is 46.5 Å². The Labute approximate surface area is 181 Å². The molecule has 0 atom stereocenters. The van der Waals surface area contributed by atoms with Crippen LogP contribution in [-0.4, -0.2) is 33.9 Å². The molecule has 158 valence electrons. The highest BCUT2D eigenvalue weighted by atomic mass is 35.5. The highest BCUT2D eigenvalue weighted by molar-refractivity contribution is 6.31. The third-order valence-corrected chi connectivity index (χ3v) is 5.53. The number of carbonyl (C=O) groups excluding carboxylic acids is 3. The lowest BCUT2D eigenvalue weighted by atomic mass is 10.1. The number of halogens is 1. The number of aryl methyl sites for hydroxylation is 1. The van der Waals surface area contributed by atoms with E-state index in [4.69, 9.17) is 11.6 Å². The molecule has 1 N–H and O–H groups in total. The highest BCUT2D eigenvalue weighted by Gasteiger charge is 2.35. The summed E-state index contributed by atoms with van der Waals surface area (Å²) in [5.41, 5.74) is 3.50. The van der Waals surface area contributed by atoms with Gasteiger partial charge in [0.15, 0.2) is 0 Å². The van der Waals surface area contributed by atoms with Crippen molar-refractivity contribution in [1.82, 2.24) is 14.8 Å². The molecule has 0 bridgehead atoms. The summed E-state index contributed by atoms with van der Waals surface area (Å²) < 4.78 is 2.03. The number of nitrogens with one attached hydrogen (secondary N) is 1. The molecule has 30 heavy (non-hydrogen) atoms. The topological polar surface area (TPSA) is 71.4 Å². The Morgan fingerprint density at radius 1 is 1.03 bits per heavy atom. The van der Waals surface area contributed by atoms with Crippen molar-refractivity contribution in [1.29, 1.82) is 0 Å². The SMILES string of the molecule is CCCCCCN1C(=O)NC(=O)C(=Cc2cc(C)n(-c3ccc(Cl)cc3)c2C)C1=O. The molecule has 1 fully saturated rings. The van der Waals surface area contributed by atoms with Gasteiger partial charge in [0.05, 0.1) is 0 Å². The van der Waals surface area contributed by atoms with Gasteiger partial charge in [-0.3, -0.25) is 19.8 Å². The van der Waals surface area contributed by atoms with Gasteiger partial charge in [0.1, 0.15) is 5.57 Å². The average molecular weight is 428 g/mol. The average Bonchev–Trinajstić information content (AvgIpc) is 2.98. The van der Waals surface area contributed by atoms with Gasteiger partial charge < -0.3 is 4.57 Å². The van der Waals surface area contributed by atoms with E-state index in [2.05, 4.69) is 12.2 Å². The molecule has 7 heteroatoms. The molecule has 2 heterocycles. The maximum Gasteiger partial charge on any atom is 0.331 e. The van der Waals surface area contributed by atoms with Gasteiger partial charge >= 0.3 is 6.03 Å². The number of imide groups is 2. The summed E-state index contributed by atoms with van der Waals surface area (Å²) in [5.74, 6) is -1.21. The lowest BCUT2D eigenvalue weighted by Gasteiger charge is -2.26. The predicted molar refractivity (Wildman–Crippen MR) is 118 cm³/mol. The molecule has 1 aromatic heterocycles. The molecule has 0 saturated carbocycles. The van der Waals surface area contributed by atoms with Crippen molar-refractivity contribution in [3.8, 4) is 5.69 Å². The Bertz CT molecular complexity index is 1010. The smallest absolute Gasteiger partial charge is 0.318 e. The number of aromatic nitrogens is 1. The fourth-order valence-electron chi connectivity index (χ4n) is 3.67. The first-order chi connectivity index (χ1) is 14.3. The van der Waals surface area contributed by atoms with E-state index in [1.807, 2.05) is 48.7 Å². The number of urea groups is 1. The number of hydrogen-bond donors (Lipinski definition) is 1. The van der Waals surface area contributed by atoms with Gasteiger partial charge in [0.25, 0.3) is 11.8 Å². The van der Waals surface area contributed by atoms with Crippen LogP contribution in [0.5, 0.6) is 0 Å². The number of nitrogens with zero attached hydrogens (tertiary/aromatic N) is 2. The standard InChI is InChI=1S/C23H26ClN3O3/c1-4-5-6-7-12-26-22(29)20(21(28)25-23(26)30)14-17-13-15(2)27(16(17)3)19-10-8-18(24)9-11-19/h8-11,13-14H,4-7,12H2,1-3H3,(H,25,28,30). The molecule has 2 aromatic rings. The van der Waals surface area contributed by atoms with Crippen LogP contribution >= 0.6 is 11.6 Å². The van der Waals surface area contributed by atoms with Crippen molar-refractivity contribution in [2.24, 2.45) is 0 Å². The van der Waals surface area contributed by atoms with Crippen molar-refractivity contribution in [3.63, 3.8) is 0 Å². The normalized spacial score (nSPS) is 15.8. The van der Waals surface area contributed by atoms with E-state index >= 15 is 0 Å². The first-order valence-corrected chi connectivity index (χ1v) is 10.5. The number of carbonyl (C=O) groups is 3. The second kappa shape index (κ2) is 9.30. The van der Waals surface area contributed by atoms with E-state index in [0.29, 0.717) is 11.6 Å². The Hall–Kier alpha value is -2.86. The number of benzene rings is 1. The summed E-state index contributed by atoms with van der Waals surface area (Å²) in [7, 11) is 0. The van der Waals surface area contributed by atoms with E-state index in [1.54, 1.807) is 6.08 Å². The highest BCUT2D eigenvalue weighted by Crippen LogP contribution is 2.25.